The smallest absolute Gasteiger partial charge is 0.191 e. The molecule has 0 radical (unpaired) electrons. The second kappa shape index (κ2) is 11.9. The van der Waals surface area contributed by atoms with Crippen molar-refractivity contribution in [3.05, 3.63) is 46.8 Å². The highest BCUT2D eigenvalue weighted by Crippen LogP contribution is 2.23. The topological polar surface area (TPSA) is 75.9 Å². The lowest BCUT2D eigenvalue weighted by molar-refractivity contribution is 0.0170. The minimum atomic E-state index is 0.221. The molecular formula is C24H38N6O2. The monoisotopic (exact) mass is 442 g/mol. The van der Waals surface area contributed by atoms with E-state index in [0.29, 0.717) is 6.54 Å². The van der Waals surface area contributed by atoms with Crippen molar-refractivity contribution >= 4 is 5.96 Å². The third-order valence-electron chi connectivity index (χ3n) is 6.13. The van der Waals surface area contributed by atoms with E-state index in [1.54, 1.807) is 7.11 Å². The minimum absolute atomic E-state index is 0.221. The fourth-order valence-corrected chi connectivity index (χ4v) is 4.35. The highest BCUT2D eigenvalue weighted by molar-refractivity contribution is 5.79. The van der Waals surface area contributed by atoms with Crippen LogP contribution in [-0.2, 0) is 31.2 Å². The largest absolute Gasteiger partial charge is 0.497 e. The number of aromatic nitrogens is 2. The van der Waals surface area contributed by atoms with Crippen molar-refractivity contribution in [2.24, 2.45) is 12.0 Å². The first-order chi connectivity index (χ1) is 15.6. The lowest BCUT2D eigenvalue weighted by Gasteiger charge is -2.35. The van der Waals surface area contributed by atoms with E-state index in [2.05, 4.69) is 51.6 Å². The highest BCUT2D eigenvalue weighted by Gasteiger charge is 2.23. The number of morpholine rings is 1. The number of benzene rings is 1. The predicted octanol–water partition coefficient (Wildman–Crippen LogP) is 2.29. The third-order valence-corrected chi connectivity index (χ3v) is 6.13. The molecule has 0 bridgehead atoms. The molecule has 1 aromatic heterocycles. The number of nitrogens with zero attached hydrogens (tertiary/aromatic N) is 4. The molecule has 1 aromatic carbocycles. The van der Waals surface area contributed by atoms with Crippen molar-refractivity contribution in [2.75, 3.05) is 47.0 Å². The van der Waals surface area contributed by atoms with E-state index in [1.165, 1.54) is 16.8 Å². The number of rotatable bonds is 9. The Kier molecular flexibility index (Phi) is 8.93. The van der Waals surface area contributed by atoms with Crippen LogP contribution in [0.15, 0.2) is 29.3 Å². The van der Waals surface area contributed by atoms with Gasteiger partial charge in [0, 0.05) is 51.5 Å². The maximum atomic E-state index is 5.58. The molecule has 8 nitrogen and oxygen atoms in total. The van der Waals surface area contributed by atoms with Crippen LogP contribution in [0.3, 0.4) is 0 Å². The van der Waals surface area contributed by atoms with Crippen LogP contribution in [0.4, 0.5) is 0 Å². The Bertz CT molecular complexity index is 871. The Morgan fingerprint density at radius 2 is 1.88 bits per heavy atom. The normalized spacial score (nSPS) is 16.1. The van der Waals surface area contributed by atoms with Crippen LogP contribution in [0, 0.1) is 0 Å². The zero-order valence-electron chi connectivity index (χ0n) is 20.1. The summed E-state index contributed by atoms with van der Waals surface area (Å²) in [6, 6.07) is 8.56. The van der Waals surface area contributed by atoms with Crippen molar-refractivity contribution in [3.63, 3.8) is 0 Å². The van der Waals surface area contributed by atoms with Crippen LogP contribution in [0.2, 0.25) is 0 Å². The Hall–Kier alpha value is -2.58. The number of aryl methyl sites for hydroxylation is 2. The standard InChI is InChI=1S/C24H38N6O2/c1-6-21-20(22(7-2)29(4)28-21)16-26-24(25-3)27-17-23(30-12-14-32-15-13-30)18-8-10-19(31-5)11-9-18/h8-11,23H,6-7,12-17H2,1-5H3,(H2,25,26,27). The molecule has 1 unspecified atom stereocenters. The van der Waals surface area contributed by atoms with E-state index >= 15 is 0 Å². The number of hydrogen-bond donors (Lipinski definition) is 2. The van der Waals surface area contributed by atoms with Gasteiger partial charge in [0.1, 0.15) is 5.75 Å². The van der Waals surface area contributed by atoms with E-state index in [1.807, 2.05) is 30.9 Å². The fraction of sp³-hybridized carbons (Fsp3) is 0.583. The molecule has 1 fully saturated rings. The number of ether oxygens (including phenoxy) is 2. The van der Waals surface area contributed by atoms with Crippen molar-refractivity contribution in [1.29, 1.82) is 0 Å². The van der Waals surface area contributed by atoms with Gasteiger partial charge in [-0.2, -0.15) is 5.10 Å². The molecule has 3 rings (SSSR count). The van der Waals surface area contributed by atoms with Crippen molar-refractivity contribution in [1.82, 2.24) is 25.3 Å². The van der Waals surface area contributed by atoms with E-state index in [9.17, 15) is 0 Å². The zero-order chi connectivity index (χ0) is 22.9. The van der Waals surface area contributed by atoms with Gasteiger partial charge in [0.2, 0.25) is 0 Å². The van der Waals surface area contributed by atoms with Gasteiger partial charge in [0.25, 0.3) is 0 Å². The molecule has 0 spiro atoms. The third kappa shape index (κ3) is 5.81. The van der Waals surface area contributed by atoms with Crippen molar-refractivity contribution in [3.8, 4) is 5.75 Å². The first-order valence-electron chi connectivity index (χ1n) is 11.5. The summed E-state index contributed by atoms with van der Waals surface area (Å²) in [6.07, 6.45) is 1.89. The molecule has 2 heterocycles. The molecule has 1 atom stereocenters. The van der Waals surface area contributed by atoms with E-state index in [0.717, 1.165) is 63.1 Å². The quantitative estimate of drug-likeness (QED) is 0.458. The molecule has 1 saturated heterocycles. The Balaban J connectivity index is 1.68. The van der Waals surface area contributed by atoms with Gasteiger partial charge < -0.3 is 20.1 Å². The van der Waals surface area contributed by atoms with Crippen LogP contribution in [0.25, 0.3) is 0 Å². The summed E-state index contributed by atoms with van der Waals surface area (Å²) in [5.74, 6) is 1.67. The summed E-state index contributed by atoms with van der Waals surface area (Å²) in [5.41, 5.74) is 4.95. The first kappa shape index (κ1) is 24.1. The minimum Gasteiger partial charge on any atom is -0.497 e. The molecule has 2 aromatic rings. The Morgan fingerprint density at radius 1 is 1.16 bits per heavy atom. The number of aliphatic imine (C=N–C) groups is 1. The van der Waals surface area contributed by atoms with Crippen LogP contribution < -0.4 is 15.4 Å². The van der Waals surface area contributed by atoms with E-state index in [4.69, 9.17) is 9.47 Å². The summed E-state index contributed by atoms with van der Waals surface area (Å²) in [7, 11) is 5.54. The summed E-state index contributed by atoms with van der Waals surface area (Å²) in [5, 5.41) is 11.7. The molecule has 0 amide bonds. The molecule has 0 saturated carbocycles. The van der Waals surface area contributed by atoms with E-state index in [-0.39, 0.29) is 6.04 Å². The van der Waals surface area contributed by atoms with Crippen LogP contribution in [-0.4, -0.2) is 67.6 Å². The average Bonchev–Trinajstić information content (AvgIpc) is 3.16. The lowest BCUT2D eigenvalue weighted by Crippen LogP contribution is -2.46. The highest BCUT2D eigenvalue weighted by atomic mass is 16.5. The SMILES string of the molecule is CCc1nn(C)c(CC)c1CNC(=NC)NCC(c1ccc(OC)cc1)N1CCOCC1. The maximum Gasteiger partial charge on any atom is 0.191 e. The number of guanidine groups is 1. The van der Waals surface area contributed by atoms with Crippen molar-refractivity contribution < 1.29 is 9.47 Å². The van der Waals surface area contributed by atoms with Gasteiger partial charge in [-0.15, -0.1) is 0 Å². The van der Waals surface area contributed by atoms with Crippen LogP contribution in [0.5, 0.6) is 5.75 Å². The second-order valence-corrected chi connectivity index (χ2v) is 7.95. The molecular weight excluding hydrogens is 404 g/mol. The Labute approximate surface area is 192 Å². The maximum absolute atomic E-state index is 5.58. The summed E-state index contributed by atoms with van der Waals surface area (Å²) in [4.78, 5) is 6.93. The summed E-state index contributed by atoms with van der Waals surface area (Å²) >= 11 is 0. The van der Waals surface area contributed by atoms with Gasteiger partial charge in [-0.05, 0) is 30.5 Å². The number of nitrogens with one attached hydrogen (secondary N) is 2. The number of methoxy groups -OCH3 is 1. The fourth-order valence-electron chi connectivity index (χ4n) is 4.35. The summed E-state index contributed by atoms with van der Waals surface area (Å²) < 4.78 is 12.9. The van der Waals surface area contributed by atoms with Gasteiger partial charge in [-0.3, -0.25) is 14.6 Å². The second-order valence-electron chi connectivity index (χ2n) is 7.95. The summed E-state index contributed by atoms with van der Waals surface area (Å²) in [6.45, 7) is 9.15. The zero-order valence-corrected chi connectivity index (χ0v) is 20.1. The van der Waals surface area contributed by atoms with Gasteiger partial charge >= 0.3 is 0 Å². The molecule has 1 aliphatic rings. The van der Waals surface area contributed by atoms with Crippen LogP contribution >= 0.6 is 0 Å². The first-order valence-corrected chi connectivity index (χ1v) is 11.5. The predicted molar refractivity (Wildman–Crippen MR) is 128 cm³/mol. The molecule has 32 heavy (non-hydrogen) atoms. The van der Waals surface area contributed by atoms with Gasteiger partial charge in [-0.25, -0.2) is 0 Å². The van der Waals surface area contributed by atoms with Gasteiger partial charge in [-0.1, -0.05) is 26.0 Å². The van der Waals surface area contributed by atoms with E-state index < -0.39 is 0 Å². The van der Waals surface area contributed by atoms with Gasteiger partial charge in [0.05, 0.1) is 32.1 Å². The molecule has 1 aliphatic heterocycles. The van der Waals surface area contributed by atoms with Crippen LogP contribution in [0.1, 0.15) is 42.4 Å². The molecule has 8 heteroatoms. The van der Waals surface area contributed by atoms with Crippen molar-refractivity contribution in [2.45, 2.75) is 39.3 Å². The average molecular weight is 443 g/mol. The lowest BCUT2D eigenvalue weighted by atomic mass is 10.0. The molecule has 0 aliphatic carbocycles. The molecule has 176 valence electrons. The Morgan fingerprint density at radius 3 is 2.47 bits per heavy atom. The number of hydrogen-bond acceptors (Lipinski definition) is 5. The van der Waals surface area contributed by atoms with Gasteiger partial charge in [0.15, 0.2) is 5.96 Å². The molecule has 2 N–H and O–H groups in total.